The van der Waals surface area contributed by atoms with Gasteiger partial charge in [-0.25, -0.2) is 4.98 Å². The minimum atomic E-state index is -0.0929. The van der Waals surface area contributed by atoms with Crippen molar-refractivity contribution in [2.75, 3.05) is 0 Å². The van der Waals surface area contributed by atoms with Crippen molar-refractivity contribution in [3.63, 3.8) is 0 Å². The Bertz CT molecular complexity index is 1330. The highest BCUT2D eigenvalue weighted by Gasteiger charge is 2.21. The standard InChI is InChI=1S/C25H23Cl2N5OS2/c26-18-11-5-4-10-17(18)23-30-31-25(32(23)21-13-7-6-12-19(21)27)35-15-22-29-20(14-34-22)24(33)28-16-8-2-1-3-9-16/h4-7,10-14,16H,1-3,8-9,15H2,(H,28,33). The van der Waals surface area contributed by atoms with Crippen LogP contribution in [0, 0.1) is 0 Å². The van der Waals surface area contributed by atoms with Gasteiger partial charge in [0.2, 0.25) is 0 Å². The minimum Gasteiger partial charge on any atom is -0.348 e. The number of amides is 1. The topological polar surface area (TPSA) is 72.7 Å². The molecule has 180 valence electrons. The van der Waals surface area contributed by atoms with Crippen LogP contribution < -0.4 is 5.32 Å². The summed E-state index contributed by atoms with van der Waals surface area (Å²) in [5, 5.41) is 16.5. The van der Waals surface area contributed by atoms with Gasteiger partial charge >= 0.3 is 0 Å². The molecule has 1 aliphatic rings. The Morgan fingerprint density at radius 3 is 2.54 bits per heavy atom. The summed E-state index contributed by atoms with van der Waals surface area (Å²) in [4.78, 5) is 17.2. The van der Waals surface area contributed by atoms with Gasteiger partial charge in [-0.2, -0.15) is 0 Å². The second kappa shape index (κ2) is 11.1. The molecule has 1 amide bonds. The molecule has 0 saturated heterocycles. The zero-order valence-corrected chi connectivity index (χ0v) is 21.9. The van der Waals surface area contributed by atoms with E-state index in [9.17, 15) is 4.79 Å². The minimum absolute atomic E-state index is 0.0929. The third kappa shape index (κ3) is 5.56. The Morgan fingerprint density at radius 2 is 1.77 bits per heavy atom. The van der Waals surface area contributed by atoms with Crippen molar-refractivity contribution >= 4 is 52.2 Å². The smallest absolute Gasteiger partial charge is 0.270 e. The number of aromatic nitrogens is 4. The van der Waals surface area contributed by atoms with E-state index in [2.05, 4.69) is 20.5 Å². The monoisotopic (exact) mass is 543 g/mol. The third-order valence-electron chi connectivity index (χ3n) is 5.89. The van der Waals surface area contributed by atoms with Crippen molar-refractivity contribution in [2.24, 2.45) is 0 Å². The van der Waals surface area contributed by atoms with Gasteiger partial charge in [-0.3, -0.25) is 9.36 Å². The lowest BCUT2D eigenvalue weighted by Gasteiger charge is -2.22. The molecular weight excluding hydrogens is 521 g/mol. The molecule has 2 heterocycles. The van der Waals surface area contributed by atoms with E-state index in [4.69, 9.17) is 23.2 Å². The van der Waals surface area contributed by atoms with Crippen LogP contribution in [0.4, 0.5) is 0 Å². The van der Waals surface area contributed by atoms with Gasteiger partial charge in [-0.15, -0.1) is 21.5 Å². The number of rotatable bonds is 7. The quantitative estimate of drug-likeness (QED) is 0.253. The number of thiazole rings is 1. The third-order valence-corrected chi connectivity index (χ3v) is 8.51. The largest absolute Gasteiger partial charge is 0.348 e. The molecule has 1 aliphatic carbocycles. The molecule has 0 radical (unpaired) electrons. The number of hydrogen-bond acceptors (Lipinski definition) is 6. The average Bonchev–Trinajstić information content (AvgIpc) is 3.51. The maximum Gasteiger partial charge on any atom is 0.270 e. The molecule has 0 aliphatic heterocycles. The first-order chi connectivity index (χ1) is 17.1. The van der Waals surface area contributed by atoms with Gasteiger partial charge < -0.3 is 5.32 Å². The fourth-order valence-electron chi connectivity index (χ4n) is 4.14. The van der Waals surface area contributed by atoms with Crippen molar-refractivity contribution in [1.82, 2.24) is 25.1 Å². The molecule has 0 spiro atoms. The number of para-hydroxylation sites is 1. The van der Waals surface area contributed by atoms with Gasteiger partial charge in [-0.1, -0.05) is 78.5 Å². The van der Waals surface area contributed by atoms with Crippen molar-refractivity contribution in [2.45, 2.75) is 49.1 Å². The summed E-state index contributed by atoms with van der Waals surface area (Å²) in [6.07, 6.45) is 5.69. The second-order valence-corrected chi connectivity index (χ2v) is 11.0. The van der Waals surface area contributed by atoms with Gasteiger partial charge in [0.25, 0.3) is 5.91 Å². The molecular formula is C25H23Cl2N5OS2. The van der Waals surface area contributed by atoms with Crippen LogP contribution in [-0.2, 0) is 5.75 Å². The second-order valence-electron chi connectivity index (χ2n) is 8.30. The van der Waals surface area contributed by atoms with E-state index in [1.807, 2.05) is 58.5 Å². The summed E-state index contributed by atoms with van der Waals surface area (Å²) in [7, 11) is 0. The molecule has 2 aromatic heterocycles. The summed E-state index contributed by atoms with van der Waals surface area (Å²) in [6.45, 7) is 0. The zero-order chi connectivity index (χ0) is 24.2. The number of hydrogen-bond donors (Lipinski definition) is 1. The highest BCUT2D eigenvalue weighted by atomic mass is 35.5. The lowest BCUT2D eigenvalue weighted by molar-refractivity contribution is 0.0923. The molecule has 0 bridgehead atoms. The Balaban J connectivity index is 1.37. The van der Waals surface area contributed by atoms with Crippen LogP contribution in [0.25, 0.3) is 17.1 Å². The van der Waals surface area contributed by atoms with E-state index in [0.29, 0.717) is 32.5 Å². The van der Waals surface area contributed by atoms with Crippen molar-refractivity contribution in [1.29, 1.82) is 0 Å². The molecule has 0 unspecified atom stereocenters. The number of benzene rings is 2. The van der Waals surface area contributed by atoms with Gasteiger partial charge in [-0.05, 0) is 37.1 Å². The fourth-order valence-corrected chi connectivity index (χ4v) is 6.32. The van der Waals surface area contributed by atoms with Crippen LogP contribution in [0.2, 0.25) is 10.0 Å². The number of halogens is 2. The Hall–Kier alpha value is -2.39. The molecule has 0 atom stereocenters. The lowest BCUT2D eigenvalue weighted by atomic mass is 9.95. The molecule has 1 N–H and O–H groups in total. The number of carbonyl (C=O) groups excluding carboxylic acids is 1. The highest BCUT2D eigenvalue weighted by Crippen LogP contribution is 2.35. The van der Waals surface area contributed by atoms with Gasteiger partial charge in [0.05, 0.1) is 21.5 Å². The van der Waals surface area contributed by atoms with E-state index in [-0.39, 0.29) is 11.9 Å². The first-order valence-electron chi connectivity index (χ1n) is 11.4. The molecule has 5 rings (SSSR count). The maximum atomic E-state index is 12.6. The van der Waals surface area contributed by atoms with Gasteiger partial charge in [0.15, 0.2) is 11.0 Å². The number of thioether (sulfide) groups is 1. The fraction of sp³-hybridized carbons (Fsp3) is 0.280. The number of nitrogens with zero attached hydrogens (tertiary/aromatic N) is 4. The molecule has 1 saturated carbocycles. The maximum absolute atomic E-state index is 12.6. The molecule has 35 heavy (non-hydrogen) atoms. The van der Waals surface area contributed by atoms with Crippen molar-refractivity contribution in [3.05, 3.63) is 74.7 Å². The predicted octanol–water partition coefficient (Wildman–Crippen LogP) is 7.05. The first-order valence-corrected chi connectivity index (χ1v) is 14.1. The summed E-state index contributed by atoms with van der Waals surface area (Å²) in [5.41, 5.74) is 2.01. The Labute approximate surface area is 222 Å². The molecule has 10 heteroatoms. The average molecular weight is 545 g/mol. The first kappa shape index (κ1) is 24.3. The van der Waals surface area contributed by atoms with E-state index >= 15 is 0 Å². The number of carbonyl (C=O) groups is 1. The van der Waals surface area contributed by atoms with E-state index in [0.717, 1.165) is 29.1 Å². The van der Waals surface area contributed by atoms with E-state index in [1.165, 1.54) is 42.4 Å². The molecule has 6 nitrogen and oxygen atoms in total. The Morgan fingerprint density at radius 1 is 1.03 bits per heavy atom. The van der Waals surface area contributed by atoms with Crippen LogP contribution >= 0.6 is 46.3 Å². The summed E-state index contributed by atoms with van der Waals surface area (Å²) in [6, 6.07) is 15.3. The van der Waals surface area contributed by atoms with Gasteiger partial charge in [0.1, 0.15) is 10.7 Å². The number of nitrogens with one attached hydrogen (secondary N) is 1. The lowest BCUT2D eigenvalue weighted by Crippen LogP contribution is -2.36. The zero-order valence-electron chi connectivity index (χ0n) is 18.8. The highest BCUT2D eigenvalue weighted by molar-refractivity contribution is 7.98. The summed E-state index contributed by atoms with van der Waals surface area (Å²) < 4.78 is 1.92. The van der Waals surface area contributed by atoms with Crippen molar-refractivity contribution < 1.29 is 4.79 Å². The van der Waals surface area contributed by atoms with E-state index in [1.54, 1.807) is 0 Å². The summed E-state index contributed by atoms with van der Waals surface area (Å²) in [5.74, 6) is 1.06. The van der Waals surface area contributed by atoms with E-state index < -0.39 is 0 Å². The molecule has 1 fully saturated rings. The summed E-state index contributed by atoms with van der Waals surface area (Å²) >= 11 is 16.0. The van der Waals surface area contributed by atoms with Crippen LogP contribution in [0.1, 0.15) is 47.6 Å². The molecule has 2 aromatic carbocycles. The van der Waals surface area contributed by atoms with Crippen LogP contribution in [0.15, 0.2) is 59.1 Å². The van der Waals surface area contributed by atoms with Crippen LogP contribution in [0.3, 0.4) is 0 Å². The van der Waals surface area contributed by atoms with Crippen molar-refractivity contribution in [3.8, 4) is 17.1 Å². The van der Waals surface area contributed by atoms with Crippen LogP contribution in [-0.4, -0.2) is 31.7 Å². The molecule has 4 aromatic rings. The SMILES string of the molecule is O=C(NC1CCCCC1)c1csc(CSc2nnc(-c3ccccc3Cl)n2-c2ccccc2Cl)n1. The predicted molar refractivity (Wildman–Crippen MR) is 143 cm³/mol. The van der Waals surface area contributed by atoms with Gasteiger partial charge in [0, 0.05) is 17.0 Å². The van der Waals surface area contributed by atoms with Crippen LogP contribution in [0.5, 0.6) is 0 Å². The normalized spacial score (nSPS) is 14.2. The Kier molecular flexibility index (Phi) is 7.72.